The average Bonchev–Trinajstić information content (AvgIpc) is 2.72. The van der Waals surface area contributed by atoms with Crippen LogP contribution in [0.15, 0.2) is 0 Å². The molecule has 1 aliphatic rings. The predicted molar refractivity (Wildman–Crippen MR) is 71.7 cm³/mol. The Balaban J connectivity index is 2.62. The van der Waals surface area contributed by atoms with Gasteiger partial charge < -0.3 is 15.2 Å². The van der Waals surface area contributed by atoms with E-state index < -0.39 is 17.8 Å². The summed E-state index contributed by atoms with van der Waals surface area (Å²) >= 11 is 0. The molecule has 1 fully saturated rings. The number of aliphatic carboxylic acids is 1. The topological polar surface area (TPSA) is 75.6 Å². The van der Waals surface area contributed by atoms with Crippen molar-refractivity contribution in [3.63, 3.8) is 0 Å². The number of rotatable bonds is 7. The van der Waals surface area contributed by atoms with Crippen molar-refractivity contribution in [2.45, 2.75) is 45.6 Å². The third-order valence-corrected chi connectivity index (χ3v) is 3.80. The van der Waals surface area contributed by atoms with Gasteiger partial charge in [0.1, 0.15) is 0 Å². The first-order valence-electron chi connectivity index (χ1n) is 7.01. The van der Waals surface area contributed by atoms with E-state index in [1.165, 1.54) is 0 Å². The number of hydrogen-bond donors (Lipinski definition) is 2. The first-order valence-corrected chi connectivity index (χ1v) is 7.01. The molecule has 1 rings (SSSR count). The minimum Gasteiger partial charge on any atom is -0.481 e. The van der Waals surface area contributed by atoms with Crippen molar-refractivity contribution in [3.8, 4) is 0 Å². The van der Waals surface area contributed by atoms with E-state index in [0.717, 1.165) is 12.8 Å². The maximum atomic E-state index is 12.2. The fraction of sp³-hybridized carbons (Fsp3) is 0.857. The highest BCUT2D eigenvalue weighted by Gasteiger charge is 2.41. The molecule has 0 saturated heterocycles. The molecule has 1 saturated carbocycles. The molecule has 0 aliphatic heterocycles. The number of carbonyl (C=O) groups excluding carboxylic acids is 1. The largest absolute Gasteiger partial charge is 0.481 e. The third kappa shape index (κ3) is 4.49. The van der Waals surface area contributed by atoms with Crippen LogP contribution in [0.2, 0.25) is 0 Å². The number of nitrogens with one attached hydrogen (secondary N) is 1. The summed E-state index contributed by atoms with van der Waals surface area (Å²) in [4.78, 5) is 23.4. The summed E-state index contributed by atoms with van der Waals surface area (Å²) in [6, 6.07) is -0.0205. The van der Waals surface area contributed by atoms with Crippen LogP contribution in [-0.4, -0.2) is 36.7 Å². The molecule has 0 heterocycles. The number of hydrogen-bond acceptors (Lipinski definition) is 3. The van der Waals surface area contributed by atoms with Crippen LogP contribution in [0.25, 0.3) is 0 Å². The fourth-order valence-corrected chi connectivity index (χ4v) is 2.91. The summed E-state index contributed by atoms with van der Waals surface area (Å²) in [5.41, 5.74) is 0. The van der Waals surface area contributed by atoms with E-state index in [1.807, 2.05) is 13.8 Å². The average molecular weight is 271 g/mol. The fourth-order valence-electron chi connectivity index (χ4n) is 2.91. The van der Waals surface area contributed by atoms with E-state index in [0.29, 0.717) is 25.4 Å². The minimum absolute atomic E-state index is 0.0205. The number of ether oxygens (including phenoxy) is 1. The number of carbonyl (C=O) groups is 2. The number of amides is 1. The van der Waals surface area contributed by atoms with Crippen molar-refractivity contribution >= 4 is 11.9 Å². The second-order valence-electron chi connectivity index (χ2n) is 5.58. The molecule has 5 nitrogen and oxygen atoms in total. The van der Waals surface area contributed by atoms with Crippen LogP contribution in [-0.2, 0) is 14.3 Å². The van der Waals surface area contributed by atoms with Gasteiger partial charge in [-0.1, -0.05) is 20.3 Å². The van der Waals surface area contributed by atoms with Crippen molar-refractivity contribution in [3.05, 3.63) is 0 Å². The van der Waals surface area contributed by atoms with Crippen molar-refractivity contribution in [2.24, 2.45) is 17.8 Å². The van der Waals surface area contributed by atoms with Gasteiger partial charge in [-0.3, -0.25) is 9.59 Å². The summed E-state index contributed by atoms with van der Waals surface area (Å²) in [6.07, 6.45) is 3.06. The molecule has 2 N–H and O–H groups in total. The van der Waals surface area contributed by atoms with E-state index in [4.69, 9.17) is 4.74 Å². The molecular weight excluding hydrogens is 246 g/mol. The lowest BCUT2D eigenvalue weighted by atomic mass is 9.95. The Hall–Kier alpha value is -1.10. The van der Waals surface area contributed by atoms with Gasteiger partial charge in [-0.05, 0) is 25.2 Å². The maximum Gasteiger partial charge on any atom is 0.307 e. The Labute approximate surface area is 114 Å². The molecule has 19 heavy (non-hydrogen) atoms. The highest BCUT2D eigenvalue weighted by molar-refractivity contribution is 5.85. The predicted octanol–water partition coefficient (Wildman–Crippen LogP) is 1.66. The van der Waals surface area contributed by atoms with Gasteiger partial charge >= 0.3 is 5.97 Å². The smallest absolute Gasteiger partial charge is 0.307 e. The lowest BCUT2D eigenvalue weighted by Gasteiger charge is -2.21. The number of methoxy groups -OCH3 is 1. The number of carboxylic acids is 1. The van der Waals surface area contributed by atoms with Gasteiger partial charge in [-0.2, -0.15) is 0 Å². The van der Waals surface area contributed by atoms with Crippen LogP contribution in [0.1, 0.15) is 39.5 Å². The second-order valence-corrected chi connectivity index (χ2v) is 5.58. The summed E-state index contributed by atoms with van der Waals surface area (Å²) in [7, 11) is 1.60. The zero-order valence-electron chi connectivity index (χ0n) is 12.0. The second kappa shape index (κ2) is 7.48. The summed E-state index contributed by atoms with van der Waals surface area (Å²) < 4.78 is 5.08. The lowest BCUT2D eigenvalue weighted by Crippen LogP contribution is -2.43. The highest BCUT2D eigenvalue weighted by Crippen LogP contribution is 2.36. The quantitative estimate of drug-likeness (QED) is 0.738. The molecule has 0 aromatic carbocycles. The van der Waals surface area contributed by atoms with Gasteiger partial charge in [-0.15, -0.1) is 0 Å². The molecule has 0 aromatic rings. The van der Waals surface area contributed by atoms with Crippen LogP contribution in [0.5, 0.6) is 0 Å². The van der Waals surface area contributed by atoms with Crippen LogP contribution >= 0.6 is 0 Å². The SMILES string of the molecule is CCCC(COC)NC(=O)C1CC(C)CC1C(=O)O. The summed E-state index contributed by atoms with van der Waals surface area (Å²) in [5.74, 6) is -1.64. The molecule has 0 bridgehead atoms. The zero-order chi connectivity index (χ0) is 14.4. The van der Waals surface area contributed by atoms with Crippen LogP contribution < -0.4 is 5.32 Å². The zero-order valence-corrected chi connectivity index (χ0v) is 12.0. The normalized spacial score (nSPS) is 28.1. The van der Waals surface area contributed by atoms with Crippen molar-refractivity contribution in [1.29, 1.82) is 0 Å². The molecule has 4 unspecified atom stereocenters. The maximum absolute atomic E-state index is 12.2. The lowest BCUT2D eigenvalue weighted by molar-refractivity contribution is -0.146. The van der Waals surface area contributed by atoms with E-state index >= 15 is 0 Å². The minimum atomic E-state index is -0.858. The molecular formula is C14H25NO4. The van der Waals surface area contributed by atoms with E-state index in [1.54, 1.807) is 7.11 Å². The van der Waals surface area contributed by atoms with Gasteiger partial charge in [0, 0.05) is 7.11 Å². The van der Waals surface area contributed by atoms with Crippen molar-refractivity contribution < 1.29 is 19.4 Å². The van der Waals surface area contributed by atoms with Crippen LogP contribution in [0, 0.1) is 17.8 Å². The summed E-state index contributed by atoms with van der Waals surface area (Å²) in [6.45, 7) is 4.52. The van der Waals surface area contributed by atoms with Crippen LogP contribution in [0.4, 0.5) is 0 Å². The standard InChI is InChI=1S/C14H25NO4/c1-4-5-10(8-19-3)15-13(16)11-6-9(2)7-12(11)14(17)18/h9-12H,4-8H2,1-3H3,(H,15,16)(H,17,18). The Morgan fingerprint density at radius 2 is 2.00 bits per heavy atom. The highest BCUT2D eigenvalue weighted by atomic mass is 16.5. The molecule has 0 aromatic heterocycles. The Bertz CT molecular complexity index is 313. The van der Waals surface area contributed by atoms with Crippen molar-refractivity contribution in [1.82, 2.24) is 5.32 Å². The molecule has 0 radical (unpaired) electrons. The van der Waals surface area contributed by atoms with Gasteiger partial charge in [0.05, 0.1) is 24.5 Å². The van der Waals surface area contributed by atoms with Gasteiger partial charge in [0.25, 0.3) is 0 Å². The first-order chi connectivity index (χ1) is 8.99. The number of carboxylic acid groups (broad SMARTS) is 1. The Morgan fingerprint density at radius 3 is 2.53 bits per heavy atom. The summed E-state index contributed by atoms with van der Waals surface area (Å²) in [5, 5.41) is 12.1. The van der Waals surface area contributed by atoms with E-state index in [2.05, 4.69) is 5.32 Å². The van der Waals surface area contributed by atoms with Gasteiger partial charge in [0.2, 0.25) is 5.91 Å². The first kappa shape index (κ1) is 16.0. The molecule has 110 valence electrons. The van der Waals surface area contributed by atoms with Gasteiger partial charge in [-0.25, -0.2) is 0 Å². The monoisotopic (exact) mass is 271 g/mol. The van der Waals surface area contributed by atoms with E-state index in [9.17, 15) is 14.7 Å². The van der Waals surface area contributed by atoms with Crippen LogP contribution in [0.3, 0.4) is 0 Å². The van der Waals surface area contributed by atoms with Gasteiger partial charge in [0.15, 0.2) is 0 Å². The molecule has 1 aliphatic carbocycles. The Kier molecular flexibility index (Phi) is 6.28. The molecule has 4 atom stereocenters. The Morgan fingerprint density at radius 1 is 1.37 bits per heavy atom. The molecule has 5 heteroatoms. The third-order valence-electron chi connectivity index (χ3n) is 3.80. The molecule has 1 amide bonds. The van der Waals surface area contributed by atoms with Crippen molar-refractivity contribution in [2.75, 3.05) is 13.7 Å². The van der Waals surface area contributed by atoms with E-state index in [-0.39, 0.29) is 11.9 Å². The molecule has 0 spiro atoms.